The quantitative estimate of drug-likeness (QED) is 0.824. The molecule has 1 aliphatic heterocycles. The fourth-order valence-electron chi connectivity index (χ4n) is 1.66. The van der Waals surface area contributed by atoms with Crippen LogP contribution in [0.2, 0.25) is 0 Å². The van der Waals surface area contributed by atoms with Gasteiger partial charge in [-0.3, -0.25) is 0 Å². The van der Waals surface area contributed by atoms with Gasteiger partial charge in [-0.15, -0.1) is 0 Å². The van der Waals surface area contributed by atoms with Gasteiger partial charge >= 0.3 is 5.97 Å². The van der Waals surface area contributed by atoms with E-state index in [1.54, 1.807) is 25.3 Å². The average Bonchev–Trinajstić information content (AvgIpc) is 2.40. The minimum atomic E-state index is -1.31. The SMILES string of the molecule is COC(=O)C(O)c1ccc(OC)c(OC2CSC2)c1. The lowest BCUT2D eigenvalue weighted by Crippen LogP contribution is -2.31. The highest BCUT2D eigenvalue weighted by molar-refractivity contribution is 8.00. The van der Waals surface area contributed by atoms with Gasteiger partial charge in [-0.25, -0.2) is 4.79 Å². The molecule has 0 bridgehead atoms. The number of benzene rings is 1. The Labute approximate surface area is 115 Å². The van der Waals surface area contributed by atoms with Crippen molar-refractivity contribution in [3.63, 3.8) is 0 Å². The van der Waals surface area contributed by atoms with Crippen LogP contribution in [0, 0.1) is 0 Å². The molecule has 1 atom stereocenters. The summed E-state index contributed by atoms with van der Waals surface area (Å²) in [6, 6.07) is 4.90. The van der Waals surface area contributed by atoms with E-state index in [0.29, 0.717) is 17.1 Å². The normalized spacial score (nSPS) is 16.4. The van der Waals surface area contributed by atoms with Crippen LogP contribution >= 0.6 is 11.8 Å². The van der Waals surface area contributed by atoms with Crippen molar-refractivity contribution in [2.45, 2.75) is 12.2 Å². The molecule has 6 heteroatoms. The molecule has 1 saturated heterocycles. The van der Waals surface area contributed by atoms with Crippen LogP contribution in [-0.2, 0) is 9.53 Å². The van der Waals surface area contributed by atoms with Gasteiger partial charge in [0.1, 0.15) is 6.10 Å². The Morgan fingerprint density at radius 1 is 1.37 bits per heavy atom. The fourth-order valence-corrected chi connectivity index (χ4v) is 2.23. The molecule has 5 nitrogen and oxygen atoms in total. The summed E-state index contributed by atoms with van der Waals surface area (Å²) in [4.78, 5) is 11.3. The molecule has 1 N–H and O–H groups in total. The van der Waals surface area contributed by atoms with Crippen molar-refractivity contribution in [2.24, 2.45) is 0 Å². The first-order chi connectivity index (χ1) is 9.15. The van der Waals surface area contributed by atoms with Gasteiger partial charge in [0, 0.05) is 11.5 Å². The summed E-state index contributed by atoms with van der Waals surface area (Å²) in [7, 11) is 2.78. The standard InChI is InChI=1S/C13H16O5S/c1-16-10-4-3-8(12(14)13(15)17-2)5-11(10)18-9-6-19-7-9/h3-5,9,12,14H,6-7H2,1-2H3. The molecule has 19 heavy (non-hydrogen) atoms. The van der Waals surface area contributed by atoms with E-state index in [2.05, 4.69) is 4.74 Å². The van der Waals surface area contributed by atoms with Crippen LogP contribution in [-0.4, -0.2) is 42.9 Å². The van der Waals surface area contributed by atoms with E-state index >= 15 is 0 Å². The molecule has 1 unspecified atom stereocenters. The van der Waals surface area contributed by atoms with Crippen LogP contribution in [0.4, 0.5) is 0 Å². The lowest BCUT2D eigenvalue weighted by Gasteiger charge is -2.27. The molecule has 2 rings (SSSR count). The van der Waals surface area contributed by atoms with Gasteiger partial charge in [-0.05, 0) is 17.7 Å². The third kappa shape index (κ3) is 3.13. The van der Waals surface area contributed by atoms with Crippen LogP contribution in [0.25, 0.3) is 0 Å². The minimum absolute atomic E-state index is 0.157. The highest BCUT2D eigenvalue weighted by atomic mass is 32.2. The molecule has 1 aromatic carbocycles. The van der Waals surface area contributed by atoms with Gasteiger partial charge in [0.15, 0.2) is 17.6 Å². The maximum atomic E-state index is 11.3. The smallest absolute Gasteiger partial charge is 0.339 e. The number of aliphatic hydroxyl groups excluding tert-OH is 1. The van der Waals surface area contributed by atoms with Crippen LogP contribution < -0.4 is 9.47 Å². The minimum Gasteiger partial charge on any atom is -0.493 e. The first kappa shape index (κ1) is 14.0. The van der Waals surface area contributed by atoms with Gasteiger partial charge in [-0.1, -0.05) is 6.07 Å². The second-order valence-electron chi connectivity index (χ2n) is 4.11. The molecule has 0 spiro atoms. The van der Waals surface area contributed by atoms with Gasteiger partial charge < -0.3 is 19.3 Å². The molecular weight excluding hydrogens is 268 g/mol. The molecule has 0 aliphatic carbocycles. The number of thioether (sulfide) groups is 1. The molecule has 1 aromatic rings. The van der Waals surface area contributed by atoms with Crippen molar-refractivity contribution in [3.05, 3.63) is 23.8 Å². The van der Waals surface area contributed by atoms with Crippen LogP contribution in [0.15, 0.2) is 18.2 Å². The fraction of sp³-hybridized carbons (Fsp3) is 0.462. The number of ether oxygens (including phenoxy) is 3. The molecular formula is C13H16O5S. The Morgan fingerprint density at radius 3 is 2.63 bits per heavy atom. The van der Waals surface area contributed by atoms with E-state index in [9.17, 15) is 9.90 Å². The molecule has 1 fully saturated rings. The lowest BCUT2D eigenvalue weighted by atomic mass is 10.1. The number of methoxy groups -OCH3 is 2. The Balaban J connectivity index is 2.21. The van der Waals surface area contributed by atoms with E-state index in [-0.39, 0.29) is 6.10 Å². The molecule has 0 aromatic heterocycles. The second kappa shape index (κ2) is 6.16. The van der Waals surface area contributed by atoms with Crippen molar-refractivity contribution in [1.82, 2.24) is 0 Å². The van der Waals surface area contributed by atoms with Crippen molar-refractivity contribution >= 4 is 17.7 Å². The zero-order chi connectivity index (χ0) is 13.8. The highest BCUT2D eigenvalue weighted by Gasteiger charge is 2.24. The summed E-state index contributed by atoms with van der Waals surface area (Å²) in [6.07, 6.45) is -1.15. The Hall–Kier alpha value is -1.40. The summed E-state index contributed by atoms with van der Waals surface area (Å²) in [5.41, 5.74) is 0.426. The summed E-state index contributed by atoms with van der Waals surface area (Å²) in [6.45, 7) is 0. The molecule has 104 valence electrons. The number of hydrogen-bond donors (Lipinski definition) is 1. The summed E-state index contributed by atoms with van der Waals surface area (Å²) >= 11 is 1.81. The summed E-state index contributed by atoms with van der Waals surface area (Å²) < 4.78 is 15.5. The maximum absolute atomic E-state index is 11.3. The van der Waals surface area contributed by atoms with E-state index in [1.165, 1.54) is 7.11 Å². The summed E-state index contributed by atoms with van der Waals surface area (Å²) in [5.74, 6) is 2.29. The van der Waals surface area contributed by atoms with Crippen molar-refractivity contribution in [1.29, 1.82) is 0 Å². The maximum Gasteiger partial charge on any atom is 0.339 e. The molecule has 1 aliphatic rings. The number of carbonyl (C=O) groups is 1. The van der Waals surface area contributed by atoms with E-state index in [0.717, 1.165) is 11.5 Å². The van der Waals surface area contributed by atoms with E-state index in [1.807, 2.05) is 11.8 Å². The van der Waals surface area contributed by atoms with Gasteiger partial charge in [0.05, 0.1) is 14.2 Å². The van der Waals surface area contributed by atoms with Crippen LogP contribution in [0.3, 0.4) is 0 Å². The Bertz CT molecular complexity index is 458. The highest BCUT2D eigenvalue weighted by Crippen LogP contribution is 2.34. The summed E-state index contributed by atoms with van der Waals surface area (Å²) in [5, 5.41) is 9.81. The van der Waals surface area contributed by atoms with Crippen LogP contribution in [0.1, 0.15) is 11.7 Å². The van der Waals surface area contributed by atoms with Gasteiger partial charge in [0.25, 0.3) is 0 Å². The molecule has 1 heterocycles. The van der Waals surface area contributed by atoms with Crippen molar-refractivity contribution < 1.29 is 24.1 Å². The topological polar surface area (TPSA) is 65.0 Å². The van der Waals surface area contributed by atoms with Gasteiger partial charge in [-0.2, -0.15) is 11.8 Å². The predicted molar refractivity (Wildman–Crippen MR) is 71.7 cm³/mol. The largest absolute Gasteiger partial charge is 0.493 e. The number of rotatable bonds is 5. The molecule has 0 radical (unpaired) electrons. The Morgan fingerprint density at radius 2 is 2.11 bits per heavy atom. The predicted octanol–water partition coefficient (Wildman–Crippen LogP) is 1.40. The Kier molecular flexibility index (Phi) is 4.55. The molecule has 0 saturated carbocycles. The second-order valence-corrected chi connectivity index (χ2v) is 5.19. The van der Waals surface area contributed by atoms with E-state index in [4.69, 9.17) is 9.47 Å². The van der Waals surface area contributed by atoms with E-state index < -0.39 is 12.1 Å². The van der Waals surface area contributed by atoms with Gasteiger partial charge in [0.2, 0.25) is 0 Å². The van der Waals surface area contributed by atoms with Crippen LogP contribution in [0.5, 0.6) is 11.5 Å². The monoisotopic (exact) mass is 284 g/mol. The lowest BCUT2D eigenvalue weighted by molar-refractivity contribution is -0.150. The third-order valence-corrected chi connectivity index (χ3v) is 4.04. The third-order valence-electron chi connectivity index (χ3n) is 2.83. The first-order valence-electron chi connectivity index (χ1n) is 5.84. The number of aliphatic hydroxyl groups is 1. The zero-order valence-corrected chi connectivity index (χ0v) is 11.6. The van der Waals surface area contributed by atoms with Crippen molar-refractivity contribution in [3.8, 4) is 11.5 Å². The zero-order valence-electron chi connectivity index (χ0n) is 10.8. The number of hydrogen-bond acceptors (Lipinski definition) is 6. The van der Waals surface area contributed by atoms with Crippen molar-refractivity contribution in [2.75, 3.05) is 25.7 Å². The number of carbonyl (C=O) groups excluding carboxylic acids is 1. The molecule has 0 amide bonds. The average molecular weight is 284 g/mol. The number of esters is 1. The first-order valence-corrected chi connectivity index (χ1v) is 6.99.